The summed E-state index contributed by atoms with van der Waals surface area (Å²) in [5.74, 6) is -0.165. The summed E-state index contributed by atoms with van der Waals surface area (Å²) in [6.45, 7) is 2.90. The lowest BCUT2D eigenvalue weighted by molar-refractivity contribution is -0.129. The normalized spacial score (nSPS) is 15.5. The van der Waals surface area contributed by atoms with Crippen LogP contribution >= 0.6 is 0 Å². The largest absolute Gasteiger partial charge is 0.360 e. The SMILES string of the molecule is CC(NC(=O)C1CN(C(=O)c2c[nH]c3ccccc23)C1)c1ccccc1. The summed E-state index contributed by atoms with van der Waals surface area (Å²) in [6, 6.07) is 17.6. The fourth-order valence-electron chi connectivity index (χ4n) is 3.39. The van der Waals surface area contributed by atoms with Gasteiger partial charge >= 0.3 is 0 Å². The molecule has 3 aromatic rings. The molecule has 1 aromatic heterocycles. The molecule has 2 heterocycles. The van der Waals surface area contributed by atoms with Gasteiger partial charge in [0.15, 0.2) is 0 Å². The minimum absolute atomic E-state index is 0.00401. The highest BCUT2D eigenvalue weighted by molar-refractivity contribution is 6.07. The molecule has 1 atom stereocenters. The van der Waals surface area contributed by atoms with E-state index in [0.717, 1.165) is 16.5 Å². The van der Waals surface area contributed by atoms with Gasteiger partial charge in [-0.25, -0.2) is 0 Å². The number of para-hydroxylation sites is 1. The van der Waals surface area contributed by atoms with Crippen LogP contribution in [0.3, 0.4) is 0 Å². The molecule has 1 aliphatic rings. The number of rotatable bonds is 4. The number of amides is 2. The maximum absolute atomic E-state index is 12.7. The van der Waals surface area contributed by atoms with Crippen LogP contribution in [-0.2, 0) is 4.79 Å². The number of aromatic amines is 1. The Morgan fingerprint density at radius 3 is 2.54 bits per heavy atom. The van der Waals surface area contributed by atoms with Crippen molar-refractivity contribution < 1.29 is 9.59 Å². The van der Waals surface area contributed by atoms with Gasteiger partial charge in [0.25, 0.3) is 5.91 Å². The van der Waals surface area contributed by atoms with Crippen molar-refractivity contribution in [2.75, 3.05) is 13.1 Å². The number of fused-ring (bicyclic) bond motifs is 1. The van der Waals surface area contributed by atoms with Crippen molar-refractivity contribution in [3.8, 4) is 0 Å². The fraction of sp³-hybridized carbons (Fsp3) is 0.238. The van der Waals surface area contributed by atoms with E-state index in [0.29, 0.717) is 18.7 Å². The molecule has 4 rings (SSSR count). The van der Waals surface area contributed by atoms with Crippen molar-refractivity contribution in [3.63, 3.8) is 0 Å². The summed E-state index contributed by atoms with van der Waals surface area (Å²) >= 11 is 0. The molecule has 0 saturated carbocycles. The number of hydrogen-bond acceptors (Lipinski definition) is 2. The molecule has 0 radical (unpaired) electrons. The monoisotopic (exact) mass is 347 g/mol. The molecule has 132 valence electrons. The Kier molecular flexibility index (Phi) is 4.21. The van der Waals surface area contributed by atoms with Crippen LogP contribution in [0, 0.1) is 5.92 Å². The van der Waals surface area contributed by atoms with Crippen LogP contribution in [0.4, 0.5) is 0 Å². The molecule has 5 nitrogen and oxygen atoms in total. The average Bonchev–Trinajstić information content (AvgIpc) is 3.05. The van der Waals surface area contributed by atoms with Crippen LogP contribution < -0.4 is 5.32 Å². The predicted octanol–water partition coefficient (Wildman–Crippen LogP) is 3.12. The molecule has 0 spiro atoms. The number of carbonyl (C=O) groups is 2. The zero-order chi connectivity index (χ0) is 18.1. The first kappa shape index (κ1) is 16.4. The van der Waals surface area contributed by atoms with Gasteiger partial charge in [-0.05, 0) is 18.6 Å². The smallest absolute Gasteiger partial charge is 0.256 e. The molecule has 1 saturated heterocycles. The van der Waals surface area contributed by atoms with E-state index in [9.17, 15) is 9.59 Å². The number of aromatic nitrogens is 1. The van der Waals surface area contributed by atoms with E-state index in [4.69, 9.17) is 0 Å². The molecule has 0 bridgehead atoms. The number of nitrogens with zero attached hydrogens (tertiary/aromatic N) is 1. The summed E-state index contributed by atoms with van der Waals surface area (Å²) in [5, 5.41) is 3.96. The maximum Gasteiger partial charge on any atom is 0.256 e. The van der Waals surface area contributed by atoms with Crippen LogP contribution in [0.5, 0.6) is 0 Å². The molecule has 2 amide bonds. The van der Waals surface area contributed by atoms with Crippen molar-refractivity contribution in [1.82, 2.24) is 15.2 Å². The van der Waals surface area contributed by atoms with Gasteiger partial charge in [0.05, 0.1) is 17.5 Å². The van der Waals surface area contributed by atoms with Crippen LogP contribution in [0.1, 0.15) is 28.9 Å². The number of nitrogens with one attached hydrogen (secondary N) is 2. The lowest BCUT2D eigenvalue weighted by Gasteiger charge is -2.38. The van der Waals surface area contributed by atoms with E-state index in [-0.39, 0.29) is 23.8 Å². The molecule has 0 aliphatic carbocycles. The highest BCUT2D eigenvalue weighted by Gasteiger charge is 2.37. The molecule has 1 aliphatic heterocycles. The summed E-state index contributed by atoms with van der Waals surface area (Å²) in [6.07, 6.45) is 1.75. The zero-order valence-electron chi connectivity index (χ0n) is 14.6. The van der Waals surface area contributed by atoms with Gasteiger partial charge in [-0.15, -0.1) is 0 Å². The molecule has 2 N–H and O–H groups in total. The number of hydrogen-bond donors (Lipinski definition) is 2. The van der Waals surface area contributed by atoms with Crippen molar-refractivity contribution in [2.24, 2.45) is 5.92 Å². The third kappa shape index (κ3) is 2.96. The highest BCUT2D eigenvalue weighted by Crippen LogP contribution is 2.24. The summed E-state index contributed by atoms with van der Waals surface area (Å²) < 4.78 is 0. The molecule has 26 heavy (non-hydrogen) atoms. The van der Waals surface area contributed by atoms with Crippen molar-refractivity contribution >= 4 is 22.7 Å². The molecule has 1 unspecified atom stereocenters. The fourth-order valence-corrected chi connectivity index (χ4v) is 3.39. The number of likely N-dealkylation sites (tertiary alicyclic amines) is 1. The maximum atomic E-state index is 12.7. The second-order valence-electron chi connectivity index (χ2n) is 6.80. The first-order valence-corrected chi connectivity index (χ1v) is 8.84. The number of H-pyrrole nitrogens is 1. The third-order valence-electron chi connectivity index (χ3n) is 5.02. The lowest BCUT2D eigenvalue weighted by atomic mass is 9.96. The topological polar surface area (TPSA) is 65.2 Å². The van der Waals surface area contributed by atoms with E-state index >= 15 is 0 Å². The van der Waals surface area contributed by atoms with Crippen LogP contribution in [0.15, 0.2) is 60.8 Å². The lowest BCUT2D eigenvalue weighted by Crippen LogP contribution is -2.55. The van der Waals surface area contributed by atoms with Gasteiger partial charge in [-0.1, -0.05) is 48.5 Å². The zero-order valence-corrected chi connectivity index (χ0v) is 14.6. The Morgan fingerprint density at radius 2 is 1.77 bits per heavy atom. The standard InChI is InChI=1S/C21H21N3O2/c1-14(15-7-3-2-4-8-15)23-20(25)16-12-24(13-16)21(26)18-11-22-19-10-6-5-9-17(18)19/h2-11,14,16,22H,12-13H2,1H3,(H,23,25). The second kappa shape index (κ2) is 6.67. The van der Waals surface area contributed by atoms with Crippen molar-refractivity contribution in [2.45, 2.75) is 13.0 Å². The Morgan fingerprint density at radius 1 is 1.08 bits per heavy atom. The Labute approximate surface area is 152 Å². The van der Waals surface area contributed by atoms with Crippen LogP contribution in [-0.4, -0.2) is 34.8 Å². The number of benzene rings is 2. The minimum Gasteiger partial charge on any atom is -0.360 e. The van der Waals surface area contributed by atoms with E-state index in [1.54, 1.807) is 11.1 Å². The summed E-state index contributed by atoms with van der Waals surface area (Å²) in [4.78, 5) is 30.0. The van der Waals surface area contributed by atoms with E-state index < -0.39 is 0 Å². The minimum atomic E-state index is -0.143. The van der Waals surface area contributed by atoms with Gasteiger partial charge in [0, 0.05) is 30.2 Å². The van der Waals surface area contributed by atoms with Crippen LogP contribution in [0.2, 0.25) is 0 Å². The quantitative estimate of drug-likeness (QED) is 0.762. The Balaban J connectivity index is 1.36. The summed E-state index contributed by atoms with van der Waals surface area (Å²) in [7, 11) is 0. The van der Waals surface area contributed by atoms with Gasteiger partial charge in [-0.2, -0.15) is 0 Å². The summed E-state index contributed by atoms with van der Waals surface area (Å²) in [5.41, 5.74) is 2.69. The molecular weight excluding hydrogens is 326 g/mol. The van der Waals surface area contributed by atoms with Crippen molar-refractivity contribution in [1.29, 1.82) is 0 Å². The van der Waals surface area contributed by atoms with Crippen LogP contribution in [0.25, 0.3) is 10.9 Å². The van der Waals surface area contributed by atoms with E-state index in [1.807, 2.05) is 61.5 Å². The third-order valence-corrected chi connectivity index (χ3v) is 5.02. The second-order valence-corrected chi connectivity index (χ2v) is 6.80. The molecule has 5 heteroatoms. The van der Waals surface area contributed by atoms with Gasteiger partial charge in [0.2, 0.25) is 5.91 Å². The highest BCUT2D eigenvalue weighted by atomic mass is 16.2. The van der Waals surface area contributed by atoms with E-state index in [2.05, 4.69) is 10.3 Å². The number of carbonyl (C=O) groups excluding carboxylic acids is 2. The van der Waals surface area contributed by atoms with Crippen molar-refractivity contribution in [3.05, 3.63) is 71.9 Å². The van der Waals surface area contributed by atoms with Gasteiger partial charge in [0.1, 0.15) is 0 Å². The molecule has 1 fully saturated rings. The van der Waals surface area contributed by atoms with Gasteiger partial charge < -0.3 is 15.2 Å². The predicted molar refractivity (Wildman–Crippen MR) is 101 cm³/mol. The molecular formula is C21H21N3O2. The van der Waals surface area contributed by atoms with E-state index in [1.165, 1.54) is 0 Å². The Hall–Kier alpha value is -3.08. The first-order chi connectivity index (χ1) is 12.6. The Bertz CT molecular complexity index is 942. The first-order valence-electron chi connectivity index (χ1n) is 8.84. The molecule has 2 aromatic carbocycles. The average molecular weight is 347 g/mol. The van der Waals surface area contributed by atoms with Gasteiger partial charge in [-0.3, -0.25) is 9.59 Å².